The fraction of sp³-hybridized carbons (Fsp3) is 0.615. The molecule has 1 aliphatic rings. The number of amides is 2. The predicted octanol–water partition coefficient (Wildman–Crippen LogP) is 0.261. The van der Waals surface area contributed by atoms with Gasteiger partial charge in [-0.1, -0.05) is 0 Å². The van der Waals surface area contributed by atoms with Gasteiger partial charge in [0.2, 0.25) is 5.91 Å². The zero-order valence-corrected chi connectivity index (χ0v) is 13.3. The molecule has 2 rings (SSSR count). The van der Waals surface area contributed by atoms with E-state index in [2.05, 4.69) is 10.3 Å². The molecule has 1 saturated heterocycles. The quantitative estimate of drug-likeness (QED) is 0.863. The van der Waals surface area contributed by atoms with Gasteiger partial charge in [0.05, 0.1) is 13.2 Å². The monoisotopic (exact) mass is 312 g/mol. The van der Waals surface area contributed by atoms with Crippen molar-refractivity contribution in [3.05, 3.63) is 11.6 Å². The van der Waals surface area contributed by atoms with Gasteiger partial charge in [-0.15, -0.1) is 11.3 Å². The average molecular weight is 312 g/mol. The number of hydrogen-bond donors (Lipinski definition) is 1. The van der Waals surface area contributed by atoms with Crippen molar-refractivity contribution in [2.75, 3.05) is 45.7 Å². The molecule has 1 aromatic heterocycles. The van der Waals surface area contributed by atoms with E-state index < -0.39 is 5.60 Å². The zero-order chi connectivity index (χ0) is 15.5. The molecule has 0 unspecified atom stereocenters. The Balaban J connectivity index is 1.92. The molecule has 21 heavy (non-hydrogen) atoms. The van der Waals surface area contributed by atoms with Gasteiger partial charge < -0.3 is 15.0 Å². The van der Waals surface area contributed by atoms with Gasteiger partial charge in [0.25, 0.3) is 5.91 Å². The third kappa shape index (κ3) is 3.99. The normalized spacial score (nSPS) is 22.8. The van der Waals surface area contributed by atoms with E-state index in [4.69, 9.17) is 4.74 Å². The summed E-state index contributed by atoms with van der Waals surface area (Å²) in [5.41, 5.74) is -0.900. The first-order valence-corrected chi connectivity index (χ1v) is 7.56. The largest absolute Gasteiger partial charge is 0.363 e. The van der Waals surface area contributed by atoms with Crippen molar-refractivity contribution in [2.24, 2.45) is 0 Å². The summed E-state index contributed by atoms with van der Waals surface area (Å²) in [6, 6.07) is 0. The van der Waals surface area contributed by atoms with Crippen LogP contribution in [0, 0.1) is 0 Å². The van der Waals surface area contributed by atoms with Crippen molar-refractivity contribution in [1.82, 2.24) is 14.8 Å². The Morgan fingerprint density at radius 1 is 1.57 bits per heavy atom. The number of nitrogens with one attached hydrogen (secondary N) is 1. The number of carbonyl (C=O) groups is 2. The van der Waals surface area contributed by atoms with Crippen LogP contribution in [0.1, 0.15) is 6.92 Å². The van der Waals surface area contributed by atoms with Crippen molar-refractivity contribution in [3.8, 4) is 0 Å². The molecular formula is C13H20N4O3S. The summed E-state index contributed by atoms with van der Waals surface area (Å²) in [4.78, 5) is 31.6. The molecule has 7 nitrogen and oxygen atoms in total. The summed E-state index contributed by atoms with van der Waals surface area (Å²) < 4.78 is 5.63. The van der Waals surface area contributed by atoms with Crippen molar-refractivity contribution >= 4 is 28.3 Å². The van der Waals surface area contributed by atoms with E-state index in [1.807, 2.05) is 4.90 Å². The number of thiazole rings is 1. The Labute approximate surface area is 127 Å². The van der Waals surface area contributed by atoms with Crippen LogP contribution in [-0.2, 0) is 14.3 Å². The molecule has 116 valence electrons. The first-order chi connectivity index (χ1) is 9.90. The van der Waals surface area contributed by atoms with Crippen molar-refractivity contribution in [1.29, 1.82) is 0 Å². The lowest BCUT2D eigenvalue weighted by Crippen LogP contribution is -2.58. The lowest BCUT2D eigenvalue weighted by atomic mass is 10.0. The minimum atomic E-state index is -0.900. The summed E-state index contributed by atoms with van der Waals surface area (Å²) in [7, 11) is 3.40. The minimum absolute atomic E-state index is 0.0902. The molecule has 0 spiro atoms. The summed E-state index contributed by atoms with van der Waals surface area (Å²) in [6.45, 7) is 3.44. The van der Waals surface area contributed by atoms with Gasteiger partial charge >= 0.3 is 0 Å². The Bertz CT molecular complexity index is 506. The Morgan fingerprint density at radius 3 is 2.95 bits per heavy atom. The van der Waals surface area contributed by atoms with E-state index in [9.17, 15) is 9.59 Å². The lowest BCUT2D eigenvalue weighted by molar-refractivity contribution is -0.165. The van der Waals surface area contributed by atoms with Crippen LogP contribution in [0.15, 0.2) is 11.6 Å². The molecule has 0 aliphatic carbocycles. The topological polar surface area (TPSA) is 74.8 Å². The number of anilines is 1. The molecule has 1 aromatic rings. The van der Waals surface area contributed by atoms with E-state index in [-0.39, 0.29) is 18.4 Å². The number of aromatic nitrogens is 1. The molecule has 1 atom stereocenters. The second-order valence-electron chi connectivity index (χ2n) is 5.37. The standard InChI is InChI=1S/C13H20N4O3S/c1-13(11(19)16(2)3)9-17(5-6-20-13)8-10(18)15-12-14-4-7-21-12/h4,7H,5-6,8-9H2,1-3H3,(H,14,15,18)/t13-/m0/s1. The molecule has 0 radical (unpaired) electrons. The Morgan fingerprint density at radius 2 is 2.33 bits per heavy atom. The summed E-state index contributed by atoms with van der Waals surface area (Å²) >= 11 is 1.37. The van der Waals surface area contributed by atoms with Gasteiger partial charge in [-0.05, 0) is 6.92 Å². The lowest BCUT2D eigenvalue weighted by Gasteiger charge is -2.40. The van der Waals surface area contributed by atoms with Gasteiger partial charge in [0.1, 0.15) is 0 Å². The van der Waals surface area contributed by atoms with Crippen molar-refractivity contribution in [3.63, 3.8) is 0 Å². The van der Waals surface area contributed by atoms with E-state index in [1.54, 1.807) is 32.6 Å². The Kier molecular flexibility index (Phi) is 4.92. The maximum absolute atomic E-state index is 12.2. The number of hydrogen-bond acceptors (Lipinski definition) is 6. The molecule has 8 heteroatoms. The molecule has 0 aromatic carbocycles. The highest BCUT2D eigenvalue weighted by Gasteiger charge is 2.40. The van der Waals surface area contributed by atoms with Gasteiger partial charge in [-0.25, -0.2) is 4.98 Å². The van der Waals surface area contributed by atoms with Gasteiger partial charge in [-0.2, -0.15) is 0 Å². The van der Waals surface area contributed by atoms with Crippen molar-refractivity contribution < 1.29 is 14.3 Å². The van der Waals surface area contributed by atoms with Gasteiger partial charge in [0, 0.05) is 38.8 Å². The van der Waals surface area contributed by atoms with Crippen LogP contribution in [0.5, 0.6) is 0 Å². The number of carbonyl (C=O) groups excluding carboxylic acids is 2. The molecule has 1 N–H and O–H groups in total. The first kappa shape index (κ1) is 15.9. The molecule has 1 aliphatic heterocycles. The molecule has 0 saturated carbocycles. The van der Waals surface area contributed by atoms with Crippen LogP contribution in [0.25, 0.3) is 0 Å². The number of rotatable bonds is 4. The predicted molar refractivity (Wildman–Crippen MR) is 80.2 cm³/mol. The van der Waals surface area contributed by atoms with E-state index in [0.717, 1.165) is 0 Å². The molecule has 2 amide bonds. The minimum Gasteiger partial charge on any atom is -0.363 e. The highest BCUT2D eigenvalue weighted by molar-refractivity contribution is 7.13. The maximum Gasteiger partial charge on any atom is 0.255 e. The fourth-order valence-electron chi connectivity index (χ4n) is 2.34. The molecule has 1 fully saturated rings. The highest BCUT2D eigenvalue weighted by atomic mass is 32.1. The van der Waals surface area contributed by atoms with Crippen LogP contribution < -0.4 is 5.32 Å². The number of morpholine rings is 1. The van der Waals surface area contributed by atoms with Crippen molar-refractivity contribution in [2.45, 2.75) is 12.5 Å². The van der Waals surface area contributed by atoms with Crippen LogP contribution in [-0.4, -0.2) is 72.5 Å². The van der Waals surface area contributed by atoms with E-state index in [1.165, 1.54) is 16.2 Å². The summed E-state index contributed by atoms with van der Waals surface area (Å²) in [6.07, 6.45) is 1.64. The highest BCUT2D eigenvalue weighted by Crippen LogP contribution is 2.20. The fourth-order valence-corrected chi connectivity index (χ4v) is 2.88. The van der Waals surface area contributed by atoms with E-state index in [0.29, 0.717) is 24.8 Å². The molecule has 0 bridgehead atoms. The average Bonchev–Trinajstić information content (AvgIpc) is 2.90. The van der Waals surface area contributed by atoms with Gasteiger partial charge in [-0.3, -0.25) is 14.5 Å². The third-order valence-electron chi connectivity index (χ3n) is 3.26. The molecular weight excluding hydrogens is 292 g/mol. The van der Waals surface area contributed by atoms with E-state index >= 15 is 0 Å². The number of likely N-dealkylation sites (N-methyl/N-ethyl adjacent to an activating group) is 1. The smallest absolute Gasteiger partial charge is 0.255 e. The summed E-state index contributed by atoms with van der Waals surface area (Å²) in [5, 5.41) is 5.13. The van der Waals surface area contributed by atoms with Crippen LogP contribution >= 0.6 is 11.3 Å². The van der Waals surface area contributed by atoms with Gasteiger partial charge in [0.15, 0.2) is 10.7 Å². The Hall–Kier alpha value is -1.51. The zero-order valence-electron chi connectivity index (χ0n) is 12.5. The SMILES string of the molecule is CN(C)C(=O)[C@]1(C)CN(CC(=O)Nc2nccs2)CCO1. The second-order valence-corrected chi connectivity index (χ2v) is 6.27. The third-order valence-corrected chi connectivity index (χ3v) is 3.95. The summed E-state index contributed by atoms with van der Waals surface area (Å²) in [5.74, 6) is -0.223. The van der Waals surface area contributed by atoms with Crippen LogP contribution in [0.3, 0.4) is 0 Å². The number of nitrogens with zero attached hydrogens (tertiary/aromatic N) is 3. The number of ether oxygens (including phenoxy) is 1. The van der Waals surface area contributed by atoms with Crippen LogP contribution in [0.2, 0.25) is 0 Å². The second kappa shape index (κ2) is 6.50. The molecule has 2 heterocycles. The first-order valence-electron chi connectivity index (χ1n) is 6.68. The maximum atomic E-state index is 12.2. The van der Waals surface area contributed by atoms with Crippen LogP contribution in [0.4, 0.5) is 5.13 Å².